The third-order valence-electron chi connectivity index (χ3n) is 3.72. The summed E-state index contributed by atoms with van der Waals surface area (Å²) in [5.74, 6) is 0.365. The fraction of sp³-hybridized carbons (Fsp3) is 0.429. The van der Waals surface area contributed by atoms with Crippen molar-refractivity contribution >= 4 is 29.8 Å². The van der Waals surface area contributed by atoms with Gasteiger partial charge in [-0.25, -0.2) is 0 Å². The summed E-state index contributed by atoms with van der Waals surface area (Å²) in [4.78, 5) is 23.6. The Hall–Kier alpha value is -1.39. The van der Waals surface area contributed by atoms with Crippen LogP contribution in [-0.4, -0.2) is 24.8 Å². The predicted molar refractivity (Wildman–Crippen MR) is 75.9 cm³/mol. The summed E-state index contributed by atoms with van der Waals surface area (Å²) in [7, 11) is 0. The molecule has 2 heterocycles. The number of Topliss-reactive ketones (excluding diaryl/α,β-unsaturated/α-hetero) is 1. The van der Waals surface area contributed by atoms with Crippen LogP contribution in [0.3, 0.4) is 0 Å². The lowest BCUT2D eigenvalue weighted by Crippen LogP contribution is -2.31. The van der Waals surface area contributed by atoms with Crippen LogP contribution in [0.1, 0.15) is 28.8 Å². The third-order valence-corrected chi connectivity index (χ3v) is 3.72. The topological polar surface area (TPSA) is 58.2 Å². The Balaban J connectivity index is 0.00000133. The van der Waals surface area contributed by atoms with E-state index in [2.05, 4.69) is 10.6 Å². The van der Waals surface area contributed by atoms with Crippen LogP contribution >= 0.6 is 12.4 Å². The largest absolute Gasteiger partial charge is 0.326 e. The molecule has 102 valence electrons. The molecule has 2 aliphatic rings. The standard InChI is InChI=1S/C14H16N2O2.ClH/c17-13-8-11-7-10(1-2-12(11)16-13)14(18)9-3-5-15-6-4-9;/h1-2,7,9,15H,3-6,8H2,(H,16,17);1H. The van der Waals surface area contributed by atoms with Gasteiger partial charge in [0.15, 0.2) is 5.78 Å². The monoisotopic (exact) mass is 280 g/mol. The number of carbonyl (C=O) groups excluding carboxylic acids is 2. The Kier molecular flexibility index (Phi) is 4.22. The minimum Gasteiger partial charge on any atom is -0.326 e. The average molecular weight is 281 g/mol. The summed E-state index contributed by atoms with van der Waals surface area (Å²) >= 11 is 0. The molecule has 0 saturated carbocycles. The van der Waals surface area contributed by atoms with Crippen molar-refractivity contribution in [3.05, 3.63) is 29.3 Å². The van der Waals surface area contributed by atoms with Gasteiger partial charge in [-0.2, -0.15) is 0 Å². The van der Waals surface area contributed by atoms with Gasteiger partial charge in [0.1, 0.15) is 0 Å². The molecule has 19 heavy (non-hydrogen) atoms. The molecule has 0 atom stereocenters. The van der Waals surface area contributed by atoms with Gasteiger partial charge in [-0.05, 0) is 49.7 Å². The molecule has 1 aromatic rings. The zero-order valence-electron chi connectivity index (χ0n) is 10.6. The van der Waals surface area contributed by atoms with Gasteiger partial charge < -0.3 is 10.6 Å². The van der Waals surface area contributed by atoms with E-state index >= 15 is 0 Å². The van der Waals surface area contributed by atoms with Crippen molar-refractivity contribution in [1.29, 1.82) is 0 Å². The number of ketones is 1. The first-order chi connectivity index (χ1) is 8.74. The highest BCUT2D eigenvalue weighted by atomic mass is 35.5. The number of piperidine rings is 1. The van der Waals surface area contributed by atoms with Crippen molar-refractivity contribution in [3.8, 4) is 0 Å². The highest BCUT2D eigenvalue weighted by molar-refractivity contribution is 6.02. The first kappa shape index (κ1) is 14.0. The van der Waals surface area contributed by atoms with Gasteiger partial charge in [0, 0.05) is 17.2 Å². The van der Waals surface area contributed by atoms with E-state index in [9.17, 15) is 9.59 Å². The Morgan fingerprint density at radius 2 is 1.95 bits per heavy atom. The molecule has 0 bridgehead atoms. The first-order valence-corrected chi connectivity index (χ1v) is 6.42. The average Bonchev–Trinajstić information content (AvgIpc) is 2.78. The summed E-state index contributed by atoms with van der Waals surface area (Å²) in [5, 5.41) is 6.04. The quantitative estimate of drug-likeness (QED) is 0.812. The Bertz CT molecular complexity index is 510. The van der Waals surface area contributed by atoms with Crippen LogP contribution in [0, 0.1) is 5.92 Å². The molecule has 1 amide bonds. The molecular formula is C14H17ClN2O2. The molecule has 0 aromatic heterocycles. The van der Waals surface area contributed by atoms with Crippen molar-refractivity contribution in [2.24, 2.45) is 5.92 Å². The highest BCUT2D eigenvalue weighted by Gasteiger charge is 2.24. The minimum absolute atomic E-state index is 0. The normalized spacial score (nSPS) is 18.4. The van der Waals surface area contributed by atoms with Gasteiger partial charge in [0.05, 0.1) is 6.42 Å². The number of halogens is 1. The van der Waals surface area contributed by atoms with E-state index < -0.39 is 0 Å². The maximum absolute atomic E-state index is 12.3. The van der Waals surface area contributed by atoms with Crippen LogP contribution in [0.25, 0.3) is 0 Å². The number of anilines is 1. The zero-order valence-corrected chi connectivity index (χ0v) is 11.4. The van der Waals surface area contributed by atoms with Gasteiger partial charge in [0.25, 0.3) is 0 Å². The summed E-state index contributed by atoms with van der Waals surface area (Å²) in [5.41, 5.74) is 2.54. The first-order valence-electron chi connectivity index (χ1n) is 6.42. The summed E-state index contributed by atoms with van der Waals surface area (Å²) in [6, 6.07) is 5.54. The van der Waals surface area contributed by atoms with Crippen molar-refractivity contribution < 1.29 is 9.59 Å². The molecule has 0 unspecified atom stereocenters. The number of benzene rings is 1. The molecule has 0 radical (unpaired) electrons. The lowest BCUT2D eigenvalue weighted by atomic mass is 9.89. The van der Waals surface area contributed by atoms with Gasteiger partial charge in [-0.1, -0.05) is 0 Å². The van der Waals surface area contributed by atoms with Crippen molar-refractivity contribution in [2.45, 2.75) is 19.3 Å². The number of rotatable bonds is 2. The van der Waals surface area contributed by atoms with Crippen LogP contribution in [0.2, 0.25) is 0 Å². The Labute approximate surface area is 118 Å². The van der Waals surface area contributed by atoms with E-state index in [0.717, 1.165) is 42.7 Å². The number of nitrogens with one attached hydrogen (secondary N) is 2. The second-order valence-electron chi connectivity index (χ2n) is 4.99. The number of carbonyl (C=O) groups is 2. The molecule has 2 aliphatic heterocycles. The van der Waals surface area contributed by atoms with Crippen molar-refractivity contribution in [3.63, 3.8) is 0 Å². The number of fused-ring (bicyclic) bond motifs is 1. The van der Waals surface area contributed by atoms with Crippen molar-refractivity contribution in [2.75, 3.05) is 18.4 Å². The summed E-state index contributed by atoms with van der Waals surface area (Å²) < 4.78 is 0. The fourth-order valence-corrected chi connectivity index (χ4v) is 2.70. The molecule has 4 nitrogen and oxygen atoms in total. The molecule has 1 fully saturated rings. The summed E-state index contributed by atoms with van der Waals surface area (Å²) in [6.07, 6.45) is 2.21. The van der Waals surface area contributed by atoms with Crippen LogP contribution in [0.15, 0.2) is 18.2 Å². The molecule has 5 heteroatoms. The molecule has 0 spiro atoms. The predicted octanol–water partition coefficient (Wildman–Crippen LogP) is 1.79. The van der Waals surface area contributed by atoms with E-state index in [-0.39, 0.29) is 30.0 Å². The van der Waals surface area contributed by atoms with Crippen LogP contribution in [-0.2, 0) is 11.2 Å². The van der Waals surface area contributed by atoms with E-state index in [4.69, 9.17) is 0 Å². The number of amides is 1. The molecule has 2 N–H and O–H groups in total. The minimum atomic E-state index is 0. The molecule has 3 rings (SSSR count). The van der Waals surface area contributed by atoms with Gasteiger partial charge in [0.2, 0.25) is 5.91 Å². The van der Waals surface area contributed by atoms with E-state index in [1.54, 1.807) is 0 Å². The van der Waals surface area contributed by atoms with Crippen molar-refractivity contribution in [1.82, 2.24) is 5.32 Å². The third kappa shape index (κ3) is 2.80. The fourth-order valence-electron chi connectivity index (χ4n) is 2.70. The summed E-state index contributed by atoms with van der Waals surface area (Å²) in [6.45, 7) is 1.84. The van der Waals surface area contributed by atoms with Gasteiger partial charge in [-0.3, -0.25) is 9.59 Å². The molecular weight excluding hydrogens is 264 g/mol. The van der Waals surface area contributed by atoms with Gasteiger partial charge >= 0.3 is 0 Å². The van der Waals surface area contributed by atoms with Gasteiger partial charge in [-0.15, -0.1) is 12.4 Å². The zero-order chi connectivity index (χ0) is 12.5. The lowest BCUT2D eigenvalue weighted by molar-refractivity contribution is -0.115. The maximum atomic E-state index is 12.3. The SMILES string of the molecule is Cl.O=C1Cc2cc(C(=O)C3CCNCC3)ccc2N1. The van der Waals surface area contributed by atoms with Crippen LogP contribution in [0.4, 0.5) is 5.69 Å². The Morgan fingerprint density at radius 1 is 1.21 bits per heavy atom. The molecule has 1 aromatic carbocycles. The van der Waals surface area contributed by atoms with E-state index in [1.165, 1.54) is 0 Å². The second-order valence-corrected chi connectivity index (χ2v) is 4.99. The molecule has 1 saturated heterocycles. The lowest BCUT2D eigenvalue weighted by Gasteiger charge is -2.21. The maximum Gasteiger partial charge on any atom is 0.228 e. The number of hydrogen-bond acceptors (Lipinski definition) is 3. The Morgan fingerprint density at radius 3 is 2.68 bits per heavy atom. The molecule has 0 aliphatic carbocycles. The second kappa shape index (κ2) is 5.72. The van der Waals surface area contributed by atoms with E-state index in [0.29, 0.717) is 6.42 Å². The highest BCUT2D eigenvalue weighted by Crippen LogP contribution is 2.26. The van der Waals surface area contributed by atoms with Crippen LogP contribution < -0.4 is 10.6 Å². The van der Waals surface area contributed by atoms with Crippen LogP contribution in [0.5, 0.6) is 0 Å². The number of hydrogen-bond donors (Lipinski definition) is 2. The smallest absolute Gasteiger partial charge is 0.228 e. The van der Waals surface area contributed by atoms with E-state index in [1.807, 2.05) is 18.2 Å².